The van der Waals surface area contributed by atoms with E-state index in [0.29, 0.717) is 10.0 Å². The number of nitrogens with one attached hydrogen (secondary N) is 1. The molecule has 0 aliphatic heterocycles. The number of nitrogens with two attached hydrogens (primary N) is 1. The Balaban J connectivity index is 2.18. The molecule has 2 aromatic rings. The molecule has 1 heterocycles. The summed E-state index contributed by atoms with van der Waals surface area (Å²) >= 11 is 7.26. The third kappa shape index (κ3) is 3.37. The van der Waals surface area contributed by atoms with Crippen molar-refractivity contribution in [2.24, 2.45) is 0 Å². The lowest BCUT2D eigenvalue weighted by atomic mass is 10.1. The fraction of sp³-hybridized carbons (Fsp3) is 0.231. The van der Waals surface area contributed by atoms with Crippen LogP contribution >= 0.6 is 22.9 Å². The van der Waals surface area contributed by atoms with Crippen LogP contribution in [-0.2, 0) is 6.18 Å². The molecule has 1 unspecified atom stereocenters. The summed E-state index contributed by atoms with van der Waals surface area (Å²) in [4.78, 5) is 0.981. The molecule has 1 aromatic carbocycles. The topological polar surface area (TPSA) is 38.0 Å². The Morgan fingerprint density at radius 3 is 2.45 bits per heavy atom. The molecule has 0 bridgehead atoms. The van der Waals surface area contributed by atoms with Crippen LogP contribution in [0.25, 0.3) is 0 Å². The van der Waals surface area contributed by atoms with Crippen molar-refractivity contribution in [1.82, 2.24) is 0 Å². The number of alkyl halides is 3. The molecule has 0 radical (unpaired) electrons. The normalized spacial score (nSPS) is 13.2. The van der Waals surface area contributed by atoms with Gasteiger partial charge in [-0.2, -0.15) is 13.2 Å². The van der Waals surface area contributed by atoms with E-state index < -0.39 is 11.7 Å². The molecule has 0 spiro atoms. The molecule has 0 aliphatic carbocycles. The van der Waals surface area contributed by atoms with Crippen LogP contribution in [-0.4, -0.2) is 0 Å². The van der Waals surface area contributed by atoms with Crippen molar-refractivity contribution in [1.29, 1.82) is 0 Å². The maximum absolute atomic E-state index is 12.5. The lowest BCUT2D eigenvalue weighted by Gasteiger charge is -2.17. The fourth-order valence-corrected chi connectivity index (χ4v) is 2.80. The largest absolute Gasteiger partial charge is 0.416 e. The van der Waals surface area contributed by atoms with Crippen molar-refractivity contribution in [2.45, 2.75) is 19.1 Å². The van der Waals surface area contributed by atoms with Crippen molar-refractivity contribution in [3.05, 3.63) is 45.1 Å². The predicted molar refractivity (Wildman–Crippen MR) is 77.2 cm³/mol. The summed E-state index contributed by atoms with van der Waals surface area (Å²) < 4.78 is 38.3. The number of halogens is 4. The minimum atomic E-state index is -4.39. The summed E-state index contributed by atoms with van der Waals surface area (Å²) in [7, 11) is 0. The van der Waals surface area contributed by atoms with E-state index in [1.165, 1.54) is 17.4 Å². The van der Waals surface area contributed by atoms with Gasteiger partial charge in [0.25, 0.3) is 0 Å². The molecule has 3 N–H and O–H groups in total. The second-order valence-corrected chi connectivity index (χ2v) is 6.05. The van der Waals surface area contributed by atoms with Gasteiger partial charge < -0.3 is 11.1 Å². The number of hydrogen-bond donors (Lipinski definition) is 2. The standard InChI is InChI=1S/C13H12ClF3N2S/c1-7(11-4-5-12(14)20-11)19-10-3-2-8(6-9(10)18)13(15,16)17/h2-7,19H,18H2,1H3. The SMILES string of the molecule is CC(Nc1ccc(C(F)(F)F)cc1N)c1ccc(Cl)s1. The minimum Gasteiger partial charge on any atom is -0.397 e. The number of hydrogen-bond acceptors (Lipinski definition) is 3. The second kappa shape index (κ2) is 5.54. The first-order valence-corrected chi connectivity index (χ1v) is 6.95. The average molecular weight is 321 g/mol. The summed E-state index contributed by atoms with van der Waals surface area (Å²) in [5.41, 5.74) is 5.44. The maximum Gasteiger partial charge on any atom is 0.416 e. The quantitative estimate of drug-likeness (QED) is 0.765. The number of anilines is 2. The Bertz CT molecular complexity index is 610. The highest BCUT2D eigenvalue weighted by Crippen LogP contribution is 2.35. The molecule has 2 nitrogen and oxygen atoms in total. The fourth-order valence-electron chi connectivity index (χ4n) is 1.74. The minimum absolute atomic E-state index is 0.0642. The number of benzene rings is 1. The van der Waals surface area contributed by atoms with Crippen molar-refractivity contribution >= 4 is 34.3 Å². The van der Waals surface area contributed by atoms with E-state index in [0.717, 1.165) is 17.0 Å². The molecule has 1 atom stereocenters. The Morgan fingerprint density at radius 1 is 1.25 bits per heavy atom. The van der Waals surface area contributed by atoms with E-state index >= 15 is 0 Å². The van der Waals surface area contributed by atoms with E-state index in [4.69, 9.17) is 17.3 Å². The molecule has 7 heteroatoms. The molecular formula is C13H12ClF3N2S. The molecule has 108 valence electrons. The zero-order chi connectivity index (χ0) is 14.9. The van der Waals surface area contributed by atoms with E-state index in [9.17, 15) is 13.2 Å². The van der Waals surface area contributed by atoms with Gasteiger partial charge in [0.05, 0.1) is 27.3 Å². The van der Waals surface area contributed by atoms with Gasteiger partial charge in [0.2, 0.25) is 0 Å². The van der Waals surface area contributed by atoms with E-state index in [1.54, 1.807) is 6.07 Å². The van der Waals surface area contributed by atoms with Crippen LogP contribution in [0.5, 0.6) is 0 Å². The molecule has 20 heavy (non-hydrogen) atoms. The maximum atomic E-state index is 12.5. The van der Waals surface area contributed by atoms with Gasteiger partial charge in [-0.05, 0) is 37.3 Å². The lowest BCUT2D eigenvalue weighted by Crippen LogP contribution is -2.10. The van der Waals surface area contributed by atoms with Crippen LogP contribution in [0.3, 0.4) is 0 Å². The Morgan fingerprint density at radius 2 is 1.95 bits per heavy atom. The summed E-state index contributed by atoms with van der Waals surface area (Å²) in [5.74, 6) is 0. The number of thiophene rings is 1. The first kappa shape index (κ1) is 15.0. The van der Waals surface area contributed by atoms with E-state index in [-0.39, 0.29) is 11.7 Å². The van der Waals surface area contributed by atoms with Gasteiger partial charge in [0.1, 0.15) is 0 Å². The first-order valence-electron chi connectivity index (χ1n) is 5.76. The Labute approximate surface area is 123 Å². The molecular weight excluding hydrogens is 309 g/mol. The summed E-state index contributed by atoms with van der Waals surface area (Å²) in [5, 5.41) is 3.08. The second-order valence-electron chi connectivity index (χ2n) is 4.31. The van der Waals surface area contributed by atoms with Crippen LogP contribution in [0.4, 0.5) is 24.5 Å². The third-order valence-corrected chi connectivity index (χ3v) is 4.19. The highest BCUT2D eigenvalue weighted by Gasteiger charge is 2.30. The highest BCUT2D eigenvalue weighted by atomic mass is 35.5. The molecule has 0 saturated heterocycles. The summed E-state index contributed by atoms with van der Waals surface area (Å²) in [6.07, 6.45) is -4.39. The smallest absolute Gasteiger partial charge is 0.397 e. The number of rotatable bonds is 3. The molecule has 0 saturated carbocycles. The molecule has 2 rings (SSSR count). The molecule has 1 aromatic heterocycles. The van der Waals surface area contributed by atoms with Crippen LogP contribution in [0.1, 0.15) is 23.4 Å². The monoisotopic (exact) mass is 320 g/mol. The van der Waals surface area contributed by atoms with Crippen molar-refractivity contribution in [2.75, 3.05) is 11.1 Å². The van der Waals surface area contributed by atoms with Gasteiger partial charge in [0.15, 0.2) is 0 Å². The highest BCUT2D eigenvalue weighted by molar-refractivity contribution is 7.16. The lowest BCUT2D eigenvalue weighted by molar-refractivity contribution is -0.137. The zero-order valence-corrected chi connectivity index (χ0v) is 12.0. The first-order chi connectivity index (χ1) is 9.27. The molecule has 0 aliphatic rings. The van der Waals surface area contributed by atoms with Crippen LogP contribution in [0, 0.1) is 0 Å². The summed E-state index contributed by atoms with van der Waals surface area (Å²) in [6, 6.07) is 6.82. The van der Waals surface area contributed by atoms with E-state index in [2.05, 4.69) is 5.32 Å². The van der Waals surface area contributed by atoms with Crippen LogP contribution < -0.4 is 11.1 Å². The van der Waals surface area contributed by atoms with Gasteiger partial charge in [0, 0.05) is 4.88 Å². The number of nitrogen functional groups attached to an aromatic ring is 1. The van der Waals surface area contributed by atoms with Gasteiger partial charge in [-0.15, -0.1) is 11.3 Å². The van der Waals surface area contributed by atoms with Gasteiger partial charge in [-0.25, -0.2) is 0 Å². The summed E-state index contributed by atoms with van der Waals surface area (Å²) in [6.45, 7) is 1.89. The van der Waals surface area contributed by atoms with Crippen molar-refractivity contribution < 1.29 is 13.2 Å². The van der Waals surface area contributed by atoms with Crippen LogP contribution in [0.2, 0.25) is 4.34 Å². The van der Waals surface area contributed by atoms with Gasteiger partial charge in [-0.1, -0.05) is 11.6 Å². The third-order valence-electron chi connectivity index (χ3n) is 2.77. The Hall–Kier alpha value is -1.40. The predicted octanol–water partition coefficient (Wildman–Crippen LogP) is 5.18. The van der Waals surface area contributed by atoms with Crippen molar-refractivity contribution in [3.8, 4) is 0 Å². The zero-order valence-electron chi connectivity index (χ0n) is 10.5. The average Bonchev–Trinajstić information content (AvgIpc) is 2.77. The van der Waals surface area contributed by atoms with Crippen LogP contribution in [0.15, 0.2) is 30.3 Å². The molecule has 0 fully saturated rings. The Kier molecular flexibility index (Phi) is 4.15. The molecule has 0 amide bonds. The van der Waals surface area contributed by atoms with Crippen molar-refractivity contribution in [3.63, 3.8) is 0 Å². The van der Waals surface area contributed by atoms with Gasteiger partial charge >= 0.3 is 6.18 Å². The van der Waals surface area contributed by atoms with E-state index in [1.807, 2.05) is 13.0 Å². The van der Waals surface area contributed by atoms with Gasteiger partial charge in [-0.3, -0.25) is 0 Å².